The molecule has 0 fully saturated rings. The normalized spacial score (nSPS) is 10.9. The maximum Gasteiger partial charge on any atom is 0.0271 e. The fourth-order valence-electron chi connectivity index (χ4n) is 1.65. The van der Waals surface area contributed by atoms with Gasteiger partial charge in [0.05, 0.1) is 0 Å². The van der Waals surface area contributed by atoms with E-state index in [1.165, 1.54) is 18.4 Å². The molecule has 1 aromatic heterocycles. The van der Waals surface area contributed by atoms with Gasteiger partial charge in [-0.2, -0.15) is 0 Å². The lowest BCUT2D eigenvalue weighted by atomic mass is 10.2. The van der Waals surface area contributed by atoms with Gasteiger partial charge in [0.2, 0.25) is 0 Å². The van der Waals surface area contributed by atoms with E-state index in [1.54, 1.807) is 0 Å². The zero-order valence-electron chi connectivity index (χ0n) is 10.4. The monoisotopic (exact) mass is 221 g/mol. The summed E-state index contributed by atoms with van der Waals surface area (Å²) < 4.78 is 0. The average Bonchev–Trinajstić information content (AvgIpc) is 2.30. The third-order valence-electron chi connectivity index (χ3n) is 2.52. The van der Waals surface area contributed by atoms with Crippen LogP contribution in [0.3, 0.4) is 0 Å². The molecule has 1 heterocycles. The maximum absolute atomic E-state index is 4.02. The van der Waals surface area contributed by atoms with Crippen molar-refractivity contribution in [2.45, 2.75) is 26.3 Å². The van der Waals surface area contributed by atoms with Crippen molar-refractivity contribution in [3.8, 4) is 0 Å². The third-order valence-corrected chi connectivity index (χ3v) is 2.52. The van der Waals surface area contributed by atoms with Crippen LogP contribution in [-0.2, 0) is 6.54 Å². The van der Waals surface area contributed by atoms with E-state index in [9.17, 15) is 0 Å². The van der Waals surface area contributed by atoms with Gasteiger partial charge in [-0.1, -0.05) is 6.92 Å². The average molecular weight is 221 g/mol. The summed E-state index contributed by atoms with van der Waals surface area (Å²) in [7, 11) is 2.17. The Kier molecular flexibility index (Phi) is 6.77. The molecule has 0 amide bonds. The standard InChI is InChI=1S/C13H23N3/c1-3-7-14-8-4-11-16(2)12-13-5-9-15-10-6-13/h5-6,9-10,14H,3-4,7-8,11-12H2,1-2H3. The molecule has 16 heavy (non-hydrogen) atoms. The first-order chi connectivity index (χ1) is 7.83. The lowest BCUT2D eigenvalue weighted by Gasteiger charge is -2.16. The Morgan fingerprint density at radius 2 is 2.00 bits per heavy atom. The highest BCUT2D eigenvalue weighted by Crippen LogP contribution is 2.01. The zero-order chi connectivity index (χ0) is 11.6. The first-order valence-electron chi connectivity index (χ1n) is 6.11. The number of pyridine rings is 1. The highest BCUT2D eigenvalue weighted by Gasteiger charge is 1.99. The molecule has 3 heteroatoms. The minimum absolute atomic E-state index is 1.01. The van der Waals surface area contributed by atoms with E-state index in [0.29, 0.717) is 0 Å². The van der Waals surface area contributed by atoms with Crippen molar-refractivity contribution in [1.29, 1.82) is 0 Å². The van der Waals surface area contributed by atoms with Gasteiger partial charge >= 0.3 is 0 Å². The lowest BCUT2D eigenvalue weighted by Crippen LogP contribution is -2.24. The summed E-state index contributed by atoms with van der Waals surface area (Å²) in [6, 6.07) is 4.15. The number of rotatable bonds is 8. The van der Waals surface area contributed by atoms with E-state index in [4.69, 9.17) is 0 Å². The molecule has 0 spiro atoms. The summed E-state index contributed by atoms with van der Waals surface area (Å²) in [5.74, 6) is 0. The van der Waals surface area contributed by atoms with Crippen molar-refractivity contribution < 1.29 is 0 Å². The molecular formula is C13H23N3. The van der Waals surface area contributed by atoms with Crippen LogP contribution in [0, 0.1) is 0 Å². The highest BCUT2D eigenvalue weighted by molar-refractivity contribution is 5.09. The smallest absolute Gasteiger partial charge is 0.0271 e. The predicted octanol–water partition coefficient (Wildman–Crippen LogP) is 1.90. The molecule has 0 radical (unpaired) electrons. The van der Waals surface area contributed by atoms with E-state index < -0.39 is 0 Å². The molecule has 0 saturated heterocycles. The number of nitrogens with zero attached hydrogens (tertiary/aromatic N) is 2. The maximum atomic E-state index is 4.02. The topological polar surface area (TPSA) is 28.2 Å². The Morgan fingerprint density at radius 1 is 1.25 bits per heavy atom. The largest absolute Gasteiger partial charge is 0.317 e. The van der Waals surface area contributed by atoms with Gasteiger partial charge < -0.3 is 10.2 Å². The molecule has 0 aliphatic heterocycles. The van der Waals surface area contributed by atoms with Gasteiger partial charge in [0, 0.05) is 18.9 Å². The number of nitrogens with one attached hydrogen (secondary N) is 1. The molecule has 0 aliphatic rings. The van der Waals surface area contributed by atoms with Gasteiger partial charge in [-0.05, 0) is 57.2 Å². The van der Waals surface area contributed by atoms with Crippen molar-refractivity contribution in [3.63, 3.8) is 0 Å². The molecular weight excluding hydrogens is 198 g/mol. The summed E-state index contributed by atoms with van der Waals surface area (Å²) in [6.45, 7) is 6.60. The second-order valence-electron chi connectivity index (χ2n) is 4.20. The van der Waals surface area contributed by atoms with Crippen LogP contribution in [0.25, 0.3) is 0 Å². The molecule has 1 rings (SSSR count). The van der Waals surface area contributed by atoms with Crippen molar-refractivity contribution in [3.05, 3.63) is 30.1 Å². The Bertz CT molecular complexity index is 261. The molecule has 1 aromatic rings. The van der Waals surface area contributed by atoms with Crippen LogP contribution in [0.2, 0.25) is 0 Å². The minimum atomic E-state index is 1.01. The fourth-order valence-corrected chi connectivity index (χ4v) is 1.65. The Morgan fingerprint density at radius 3 is 2.69 bits per heavy atom. The van der Waals surface area contributed by atoms with E-state index in [0.717, 1.165) is 26.2 Å². The van der Waals surface area contributed by atoms with Crippen molar-refractivity contribution in [2.24, 2.45) is 0 Å². The summed E-state index contributed by atoms with van der Waals surface area (Å²) in [6.07, 6.45) is 6.13. The zero-order valence-corrected chi connectivity index (χ0v) is 10.4. The van der Waals surface area contributed by atoms with Gasteiger partial charge in [-0.3, -0.25) is 4.98 Å². The minimum Gasteiger partial charge on any atom is -0.317 e. The van der Waals surface area contributed by atoms with Crippen LogP contribution < -0.4 is 5.32 Å². The Labute approximate surface area is 98.9 Å². The van der Waals surface area contributed by atoms with E-state index in [1.807, 2.05) is 12.4 Å². The Balaban J connectivity index is 2.09. The molecule has 0 aliphatic carbocycles. The van der Waals surface area contributed by atoms with Crippen LogP contribution in [0.4, 0.5) is 0 Å². The van der Waals surface area contributed by atoms with Crippen molar-refractivity contribution in [1.82, 2.24) is 15.2 Å². The van der Waals surface area contributed by atoms with Gasteiger partial charge in [0.15, 0.2) is 0 Å². The quantitative estimate of drug-likeness (QED) is 0.680. The number of hydrogen-bond donors (Lipinski definition) is 1. The molecule has 3 nitrogen and oxygen atoms in total. The van der Waals surface area contributed by atoms with Crippen molar-refractivity contribution >= 4 is 0 Å². The SMILES string of the molecule is CCCNCCCN(C)Cc1ccncc1. The lowest BCUT2D eigenvalue weighted by molar-refractivity contribution is 0.319. The molecule has 0 atom stereocenters. The third kappa shape index (κ3) is 5.83. The van der Waals surface area contributed by atoms with Gasteiger partial charge in [0.1, 0.15) is 0 Å². The summed E-state index contributed by atoms with van der Waals surface area (Å²) in [4.78, 5) is 6.37. The summed E-state index contributed by atoms with van der Waals surface area (Å²) >= 11 is 0. The van der Waals surface area contributed by atoms with E-state index in [2.05, 4.69) is 41.3 Å². The fraction of sp³-hybridized carbons (Fsp3) is 0.615. The predicted molar refractivity (Wildman–Crippen MR) is 68.3 cm³/mol. The van der Waals surface area contributed by atoms with E-state index >= 15 is 0 Å². The number of hydrogen-bond acceptors (Lipinski definition) is 3. The molecule has 1 N–H and O–H groups in total. The second kappa shape index (κ2) is 8.25. The molecule has 0 aromatic carbocycles. The van der Waals surface area contributed by atoms with Gasteiger partial charge in [-0.25, -0.2) is 0 Å². The molecule has 0 saturated carbocycles. The summed E-state index contributed by atoms with van der Waals surface area (Å²) in [5, 5.41) is 3.42. The first-order valence-corrected chi connectivity index (χ1v) is 6.11. The Hall–Kier alpha value is -0.930. The summed E-state index contributed by atoms with van der Waals surface area (Å²) in [5.41, 5.74) is 1.33. The highest BCUT2D eigenvalue weighted by atomic mass is 15.1. The second-order valence-corrected chi connectivity index (χ2v) is 4.20. The molecule has 0 bridgehead atoms. The van der Waals surface area contributed by atoms with Gasteiger partial charge in [0.25, 0.3) is 0 Å². The van der Waals surface area contributed by atoms with Crippen LogP contribution in [0.1, 0.15) is 25.3 Å². The molecule has 90 valence electrons. The van der Waals surface area contributed by atoms with E-state index in [-0.39, 0.29) is 0 Å². The van der Waals surface area contributed by atoms with Crippen molar-refractivity contribution in [2.75, 3.05) is 26.7 Å². The van der Waals surface area contributed by atoms with Crippen LogP contribution >= 0.6 is 0 Å². The van der Waals surface area contributed by atoms with Crippen LogP contribution in [-0.4, -0.2) is 36.6 Å². The first kappa shape index (κ1) is 13.1. The van der Waals surface area contributed by atoms with Crippen LogP contribution in [0.15, 0.2) is 24.5 Å². The van der Waals surface area contributed by atoms with Gasteiger partial charge in [-0.15, -0.1) is 0 Å². The van der Waals surface area contributed by atoms with Crippen LogP contribution in [0.5, 0.6) is 0 Å². The number of aromatic nitrogens is 1. The molecule has 0 unspecified atom stereocenters.